The Morgan fingerprint density at radius 3 is 2.43 bits per heavy atom. The predicted octanol–water partition coefficient (Wildman–Crippen LogP) is 5.94. The Labute approximate surface area is 303 Å². The Balaban J connectivity index is 1.39. The van der Waals surface area contributed by atoms with Crippen molar-refractivity contribution in [3.63, 3.8) is 0 Å². The van der Waals surface area contributed by atoms with Gasteiger partial charge in [0.1, 0.15) is 18.4 Å². The molecular formula is C39H62FN3O8. The summed E-state index contributed by atoms with van der Waals surface area (Å²) in [4.78, 5) is 44.4. The Hall–Kier alpha value is -2.96. The maximum atomic E-state index is 13.4. The fraction of sp³-hybridized carbons (Fsp3) is 0.769. The number of likely N-dealkylation sites (tertiary alicyclic amines) is 1. The number of allylic oxidation sites excluding steroid dienone is 2. The number of rotatable bonds is 8. The summed E-state index contributed by atoms with van der Waals surface area (Å²) in [7, 11) is 0. The number of hydrogen-bond donors (Lipinski definition) is 2. The average molecular weight is 720 g/mol. The summed E-state index contributed by atoms with van der Waals surface area (Å²) in [6.07, 6.45) is 14.3. The van der Waals surface area contributed by atoms with Crippen LogP contribution in [0.4, 0.5) is 14.0 Å². The van der Waals surface area contributed by atoms with Crippen molar-refractivity contribution < 1.29 is 43.2 Å². The molecule has 0 aromatic heterocycles. The molecule has 7 atom stereocenters. The van der Waals surface area contributed by atoms with Crippen molar-refractivity contribution in [3.8, 4) is 0 Å². The normalized spacial score (nSPS) is 32.4. The minimum absolute atomic E-state index is 0.114. The van der Waals surface area contributed by atoms with Gasteiger partial charge < -0.3 is 34.2 Å². The van der Waals surface area contributed by atoms with Gasteiger partial charge in [-0.25, -0.2) is 14.0 Å². The molecule has 0 radical (unpaired) electrons. The minimum Gasteiger partial charge on any atom is -0.457 e. The molecular weight excluding hydrogens is 657 g/mol. The Morgan fingerprint density at radius 2 is 1.75 bits per heavy atom. The van der Waals surface area contributed by atoms with E-state index in [1.165, 1.54) is 43.4 Å². The molecule has 2 N–H and O–H groups in total. The van der Waals surface area contributed by atoms with Crippen LogP contribution in [0.3, 0.4) is 0 Å². The molecule has 3 aliphatic heterocycles. The third kappa shape index (κ3) is 12.3. The number of piperazine rings is 1. The summed E-state index contributed by atoms with van der Waals surface area (Å²) in [5, 5.41) is 22.2. The Morgan fingerprint density at radius 1 is 1.04 bits per heavy atom. The molecule has 51 heavy (non-hydrogen) atoms. The second-order valence-electron chi connectivity index (χ2n) is 15.4. The highest BCUT2D eigenvalue weighted by Gasteiger charge is 2.37. The maximum Gasteiger partial charge on any atom is 0.410 e. The third-order valence-corrected chi connectivity index (χ3v) is 11.0. The molecule has 11 nitrogen and oxygen atoms in total. The lowest BCUT2D eigenvalue weighted by Gasteiger charge is -2.40. The smallest absolute Gasteiger partial charge is 0.410 e. The van der Waals surface area contributed by atoms with Gasteiger partial charge in [-0.3, -0.25) is 9.69 Å². The standard InChI is InChI=1S/C39H62FN3O8/c1-28(27-49-38(47)43-20-10-15-32(43)26-40)11-9-12-29(2)36-30(3)16-17-34(39(4,48)19-18-33(44)25-35(45)51-36)50-37(46)42-23-21-41(22-24-42)31-13-7-5-6-8-14-31/h9,11-12,16-17,28,30-34,36,44,48H,5-8,10,13-15,18-27H2,1-4H3/b11-9+,17-16+,29-12+/t28-,30+,32-,33+,34-,36-,39+/m1/s1. The van der Waals surface area contributed by atoms with Crippen LogP contribution in [-0.4, -0.2) is 125 Å². The van der Waals surface area contributed by atoms with Crippen LogP contribution < -0.4 is 0 Å². The highest BCUT2D eigenvalue weighted by Crippen LogP contribution is 2.28. The van der Waals surface area contributed by atoms with E-state index in [1.807, 2.05) is 39.0 Å². The van der Waals surface area contributed by atoms with Gasteiger partial charge in [-0.2, -0.15) is 0 Å². The number of carbonyl (C=O) groups excluding carboxylic acids is 3. The molecule has 0 spiro atoms. The van der Waals surface area contributed by atoms with Crippen molar-refractivity contribution in [1.82, 2.24) is 14.7 Å². The van der Waals surface area contributed by atoms with Crippen molar-refractivity contribution >= 4 is 18.2 Å². The molecule has 2 saturated heterocycles. The monoisotopic (exact) mass is 719 g/mol. The van der Waals surface area contributed by atoms with E-state index in [0.717, 1.165) is 25.1 Å². The number of alkyl halides is 1. The first-order valence-corrected chi connectivity index (χ1v) is 19.2. The van der Waals surface area contributed by atoms with E-state index in [1.54, 1.807) is 24.0 Å². The summed E-state index contributed by atoms with van der Waals surface area (Å²) in [6, 6.07) is 0.165. The Kier molecular flexibility index (Phi) is 15.8. The number of amides is 2. The largest absolute Gasteiger partial charge is 0.457 e. The number of carbonyl (C=O) groups is 3. The zero-order valence-corrected chi connectivity index (χ0v) is 31.2. The van der Waals surface area contributed by atoms with Crippen LogP contribution in [0.5, 0.6) is 0 Å². The van der Waals surface area contributed by atoms with Crippen molar-refractivity contribution in [2.75, 3.05) is 46.0 Å². The van der Waals surface area contributed by atoms with E-state index in [4.69, 9.17) is 14.2 Å². The van der Waals surface area contributed by atoms with Crippen LogP contribution in [-0.2, 0) is 19.0 Å². The number of aliphatic hydroxyl groups is 2. The van der Waals surface area contributed by atoms with E-state index in [0.29, 0.717) is 32.1 Å². The zero-order valence-electron chi connectivity index (χ0n) is 31.2. The topological polar surface area (TPSA) is 129 Å². The lowest BCUT2D eigenvalue weighted by Crippen LogP contribution is -2.53. The van der Waals surface area contributed by atoms with Crippen LogP contribution in [0, 0.1) is 11.8 Å². The molecule has 1 saturated carbocycles. The maximum absolute atomic E-state index is 13.4. The molecule has 0 unspecified atom stereocenters. The van der Waals surface area contributed by atoms with Crippen LogP contribution in [0.2, 0.25) is 0 Å². The van der Waals surface area contributed by atoms with Gasteiger partial charge in [-0.15, -0.1) is 0 Å². The van der Waals surface area contributed by atoms with Gasteiger partial charge in [-0.05, 0) is 64.0 Å². The van der Waals surface area contributed by atoms with Crippen LogP contribution in [0.25, 0.3) is 0 Å². The first kappa shape index (κ1) is 40.8. The van der Waals surface area contributed by atoms with E-state index >= 15 is 0 Å². The quantitative estimate of drug-likeness (QED) is 0.103. The highest BCUT2D eigenvalue weighted by molar-refractivity contribution is 5.70. The summed E-state index contributed by atoms with van der Waals surface area (Å²) in [6.45, 7) is 10.0. The second-order valence-corrected chi connectivity index (χ2v) is 15.4. The number of aliphatic hydroxyl groups excluding tert-OH is 1. The molecule has 2 amide bonds. The molecule has 0 bridgehead atoms. The molecule has 4 rings (SSSR count). The van der Waals surface area contributed by atoms with Gasteiger partial charge in [0.15, 0.2) is 6.10 Å². The number of nitrogens with zero attached hydrogens (tertiary/aromatic N) is 3. The molecule has 0 aromatic carbocycles. The van der Waals surface area contributed by atoms with E-state index in [9.17, 15) is 29.0 Å². The van der Waals surface area contributed by atoms with Crippen molar-refractivity contribution in [3.05, 3.63) is 36.0 Å². The number of ether oxygens (including phenoxy) is 3. The van der Waals surface area contributed by atoms with Crippen LogP contribution in [0.15, 0.2) is 36.0 Å². The summed E-state index contributed by atoms with van der Waals surface area (Å²) >= 11 is 0. The van der Waals surface area contributed by atoms with Gasteiger partial charge in [0.2, 0.25) is 0 Å². The second kappa shape index (κ2) is 19.8. The minimum atomic E-state index is -1.48. The van der Waals surface area contributed by atoms with E-state index in [-0.39, 0.29) is 37.7 Å². The fourth-order valence-corrected chi connectivity index (χ4v) is 7.60. The predicted molar refractivity (Wildman–Crippen MR) is 193 cm³/mol. The summed E-state index contributed by atoms with van der Waals surface area (Å²) in [5.41, 5.74) is -0.746. The van der Waals surface area contributed by atoms with Crippen molar-refractivity contribution in [2.24, 2.45) is 11.8 Å². The van der Waals surface area contributed by atoms with Gasteiger partial charge >= 0.3 is 18.2 Å². The summed E-state index contributed by atoms with van der Waals surface area (Å²) < 4.78 is 30.5. The van der Waals surface area contributed by atoms with Gasteiger partial charge in [0.25, 0.3) is 0 Å². The molecule has 288 valence electrons. The average Bonchev–Trinajstić information content (AvgIpc) is 3.43. The lowest BCUT2D eigenvalue weighted by molar-refractivity contribution is -0.151. The molecule has 0 aromatic rings. The summed E-state index contributed by atoms with van der Waals surface area (Å²) in [5.74, 6) is -1.03. The molecule has 12 heteroatoms. The van der Waals surface area contributed by atoms with Crippen molar-refractivity contribution in [2.45, 2.75) is 134 Å². The van der Waals surface area contributed by atoms with Crippen LogP contribution >= 0.6 is 0 Å². The first-order chi connectivity index (χ1) is 24.4. The molecule has 4 aliphatic rings. The van der Waals surface area contributed by atoms with Crippen molar-refractivity contribution in [1.29, 1.82) is 0 Å². The molecule has 3 heterocycles. The Bertz CT molecular complexity index is 1220. The molecule has 1 aliphatic carbocycles. The van der Waals surface area contributed by atoms with Gasteiger partial charge in [-0.1, -0.05) is 63.8 Å². The number of halogens is 1. The van der Waals surface area contributed by atoms with E-state index < -0.39 is 54.8 Å². The van der Waals surface area contributed by atoms with Gasteiger partial charge in [0.05, 0.1) is 25.2 Å². The SMILES string of the molecule is C/C(=C\C=C\[C@@H](C)COC(=O)N1CCC[C@@H]1CF)[C@H]1OC(=O)C[C@@H](O)CC[C@](C)(O)[C@H](OC(=O)N2CCN(C3CCCCCC3)CC2)/C=C/[C@@H]1C. The van der Waals surface area contributed by atoms with Gasteiger partial charge in [0, 0.05) is 50.6 Å². The highest BCUT2D eigenvalue weighted by atomic mass is 19.1. The van der Waals surface area contributed by atoms with Crippen LogP contribution in [0.1, 0.15) is 98.3 Å². The third-order valence-electron chi connectivity index (χ3n) is 11.0. The number of esters is 1. The van der Waals surface area contributed by atoms with E-state index in [2.05, 4.69) is 4.90 Å². The number of hydrogen-bond acceptors (Lipinski definition) is 9. The lowest BCUT2D eigenvalue weighted by atomic mass is 9.89. The first-order valence-electron chi connectivity index (χ1n) is 19.2. The number of cyclic esters (lactones) is 1. The fourth-order valence-electron chi connectivity index (χ4n) is 7.60. The molecule has 3 fully saturated rings. The zero-order chi connectivity index (χ0) is 37.0.